The molecule has 0 aliphatic carbocycles. The third-order valence-electron chi connectivity index (χ3n) is 3.11. The lowest BCUT2D eigenvalue weighted by Gasteiger charge is -2.16. The topological polar surface area (TPSA) is 49.4 Å². The summed E-state index contributed by atoms with van der Waals surface area (Å²) in [6, 6.07) is 4.50. The highest BCUT2D eigenvalue weighted by atomic mass is 32.2. The van der Waals surface area contributed by atoms with E-state index in [0.29, 0.717) is 19.0 Å². The Hall–Kier alpha value is -0.430. The summed E-state index contributed by atoms with van der Waals surface area (Å²) < 4.78 is 25.7. The van der Waals surface area contributed by atoms with Gasteiger partial charge in [0.25, 0.3) is 0 Å². The van der Waals surface area contributed by atoms with Crippen LogP contribution < -0.4 is 5.32 Å². The van der Waals surface area contributed by atoms with Gasteiger partial charge in [0.15, 0.2) is 0 Å². The van der Waals surface area contributed by atoms with Crippen molar-refractivity contribution in [2.45, 2.75) is 39.2 Å². The van der Waals surface area contributed by atoms with Crippen molar-refractivity contribution in [2.75, 3.05) is 25.9 Å². The smallest absolute Gasteiger partial charge is 0.213 e. The molecule has 0 aliphatic rings. The summed E-state index contributed by atoms with van der Waals surface area (Å²) in [7, 11) is -1.43. The van der Waals surface area contributed by atoms with Gasteiger partial charge in [0.05, 0.1) is 5.75 Å². The average molecular weight is 319 g/mol. The van der Waals surface area contributed by atoms with Gasteiger partial charge in [-0.3, -0.25) is 0 Å². The van der Waals surface area contributed by atoms with Gasteiger partial charge in [-0.1, -0.05) is 19.9 Å². The highest BCUT2D eigenvalue weighted by Crippen LogP contribution is 2.11. The molecule has 0 fully saturated rings. The van der Waals surface area contributed by atoms with E-state index in [1.165, 1.54) is 9.18 Å². The number of nitrogens with one attached hydrogen (secondary N) is 1. The monoisotopic (exact) mass is 318 g/mol. The number of hydrogen-bond donors (Lipinski definition) is 1. The molecule has 0 saturated heterocycles. The molecule has 0 aromatic carbocycles. The average Bonchev–Trinajstić information content (AvgIpc) is 2.88. The van der Waals surface area contributed by atoms with Gasteiger partial charge < -0.3 is 5.32 Å². The molecule has 0 aliphatic heterocycles. The van der Waals surface area contributed by atoms with Crippen molar-refractivity contribution < 1.29 is 8.42 Å². The Labute approximate surface area is 127 Å². The number of nitrogens with zero attached hydrogens (tertiary/aromatic N) is 1. The van der Waals surface area contributed by atoms with E-state index in [4.69, 9.17) is 0 Å². The lowest BCUT2D eigenvalue weighted by atomic mass is 10.3. The van der Waals surface area contributed by atoms with Crippen molar-refractivity contribution in [3.05, 3.63) is 22.4 Å². The molecule has 0 atom stereocenters. The molecule has 1 N–H and O–H groups in total. The summed E-state index contributed by atoms with van der Waals surface area (Å²) in [6.45, 7) is 5.63. The summed E-state index contributed by atoms with van der Waals surface area (Å²) in [5, 5.41) is 5.32. The summed E-state index contributed by atoms with van der Waals surface area (Å²) in [5.74, 6) is 0.244. The molecule has 1 aromatic heterocycles. The van der Waals surface area contributed by atoms with Crippen LogP contribution in [0, 0.1) is 0 Å². The zero-order valence-corrected chi connectivity index (χ0v) is 14.3. The van der Waals surface area contributed by atoms with Crippen LogP contribution in [0.3, 0.4) is 0 Å². The highest BCUT2D eigenvalue weighted by Gasteiger charge is 2.17. The van der Waals surface area contributed by atoms with E-state index in [1.54, 1.807) is 18.4 Å². The SMILES string of the molecule is CC(C)NCCCCS(=O)(=O)N(C)CCc1cccs1. The zero-order chi connectivity index (χ0) is 15.0. The largest absolute Gasteiger partial charge is 0.315 e. The van der Waals surface area contributed by atoms with Crippen LogP contribution in [0.25, 0.3) is 0 Å². The first-order valence-electron chi connectivity index (χ1n) is 7.11. The molecule has 1 rings (SSSR count). The molecule has 116 valence electrons. The molecule has 4 nitrogen and oxygen atoms in total. The highest BCUT2D eigenvalue weighted by molar-refractivity contribution is 7.89. The van der Waals surface area contributed by atoms with Crippen LogP contribution in [0.2, 0.25) is 0 Å². The zero-order valence-electron chi connectivity index (χ0n) is 12.6. The van der Waals surface area contributed by atoms with Crippen LogP contribution in [0.15, 0.2) is 17.5 Å². The molecule has 6 heteroatoms. The summed E-state index contributed by atoms with van der Waals surface area (Å²) >= 11 is 1.67. The predicted molar refractivity (Wildman–Crippen MR) is 86.8 cm³/mol. The fourth-order valence-electron chi connectivity index (χ4n) is 1.82. The first kappa shape index (κ1) is 17.6. The van der Waals surface area contributed by atoms with E-state index in [9.17, 15) is 8.42 Å². The minimum atomic E-state index is -3.10. The van der Waals surface area contributed by atoms with Gasteiger partial charge >= 0.3 is 0 Å². The van der Waals surface area contributed by atoms with Crippen molar-refractivity contribution in [2.24, 2.45) is 0 Å². The first-order chi connectivity index (χ1) is 9.42. The van der Waals surface area contributed by atoms with Crippen molar-refractivity contribution >= 4 is 21.4 Å². The Morgan fingerprint density at radius 3 is 2.70 bits per heavy atom. The van der Waals surface area contributed by atoms with Gasteiger partial charge in [-0.2, -0.15) is 0 Å². The fourth-order valence-corrected chi connectivity index (χ4v) is 3.77. The Morgan fingerprint density at radius 2 is 2.10 bits per heavy atom. The molecule has 0 spiro atoms. The van der Waals surface area contributed by atoms with Gasteiger partial charge in [0.1, 0.15) is 0 Å². The first-order valence-corrected chi connectivity index (χ1v) is 9.60. The Balaban J connectivity index is 2.24. The minimum Gasteiger partial charge on any atom is -0.315 e. The minimum absolute atomic E-state index is 0.244. The molecular weight excluding hydrogens is 292 g/mol. The van der Waals surface area contributed by atoms with Crippen molar-refractivity contribution in [3.8, 4) is 0 Å². The third kappa shape index (κ3) is 6.83. The number of thiophene rings is 1. The Kier molecular flexibility index (Phi) is 7.72. The number of likely N-dealkylation sites (N-methyl/N-ethyl adjacent to an activating group) is 1. The second-order valence-corrected chi connectivity index (χ2v) is 8.51. The Morgan fingerprint density at radius 1 is 1.35 bits per heavy atom. The quantitative estimate of drug-likeness (QED) is 0.674. The molecule has 0 bridgehead atoms. The molecule has 0 amide bonds. The van der Waals surface area contributed by atoms with Gasteiger partial charge in [-0.25, -0.2) is 12.7 Å². The van der Waals surface area contributed by atoms with Crippen LogP contribution >= 0.6 is 11.3 Å². The number of sulfonamides is 1. The van der Waals surface area contributed by atoms with Crippen LogP contribution in [0.1, 0.15) is 31.6 Å². The summed E-state index contributed by atoms with van der Waals surface area (Å²) in [5.41, 5.74) is 0. The van der Waals surface area contributed by atoms with E-state index in [0.717, 1.165) is 19.4 Å². The van der Waals surface area contributed by atoms with Gasteiger partial charge in [0.2, 0.25) is 10.0 Å². The number of unbranched alkanes of at least 4 members (excludes halogenated alkanes) is 1. The van der Waals surface area contributed by atoms with E-state index in [-0.39, 0.29) is 5.75 Å². The predicted octanol–water partition coefficient (Wildman–Crippen LogP) is 2.33. The normalized spacial score (nSPS) is 12.4. The molecular formula is C14H26N2O2S2. The van der Waals surface area contributed by atoms with Gasteiger partial charge in [0, 0.05) is 24.5 Å². The molecule has 1 aromatic rings. The van der Waals surface area contributed by atoms with Gasteiger partial charge in [-0.15, -0.1) is 11.3 Å². The molecule has 0 radical (unpaired) electrons. The Bertz CT molecular complexity index is 456. The van der Waals surface area contributed by atoms with Crippen LogP contribution in [-0.4, -0.2) is 44.7 Å². The second-order valence-electron chi connectivity index (χ2n) is 5.28. The maximum absolute atomic E-state index is 12.1. The van der Waals surface area contributed by atoms with E-state index >= 15 is 0 Å². The lowest BCUT2D eigenvalue weighted by Crippen LogP contribution is -2.31. The van der Waals surface area contributed by atoms with Crippen LogP contribution in [-0.2, 0) is 16.4 Å². The molecule has 20 heavy (non-hydrogen) atoms. The maximum Gasteiger partial charge on any atom is 0.213 e. The lowest BCUT2D eigenvalue weighted by molar-refractivity contribution is 0.470. The van der Waals surface area contributed by atoms with E-state index < -0.39 is 10.0 Å². The third-order valence-corrected chi connectivity index (χ3v) is 5.98. The van der Waals surface area contributed by atoms with Crippen LogP contribution in [0.5, 0.6) is 0 Å². The van der Waals surface area contributed by atoms with Gasteiger partial charge in [-0.05, 0) is 37.3 Å². The van der Waals surface area contributed by atoms with Crippen molar-refractivity contribution in [1.29, 1.82) is 0 Å². The molecule has 1 heterocycles. The summed E-state index contributed by atoms with van der Waals surface area (Å²) in [6.07, 6.45) is 2.41. The van der Waals surface area contributed by atoms with E-state index in [2.05, 4.69) is 19.2 Å². The van der Waals surface area contributed by atoms with E-state index in [1.807, 2.05) is 17.5 Å². The summed E-state index contributed by atoms with van der Waals surface area (Å²) in [4.78, 5) is 1.23. The number of hydrogen-bond acceptors (Lipinski definition) is 4. The van der Waals surface area contributed by atoms with Crippen molar-refractivity contribution in [3.63, 3.8) is 0 Å². The van der Waals surface area contributed by atoms with Crippen LogP contribution in [0.4, 0.5) is 0 Å². The maximum atomic E-state index is 12.1. The second kappa shape index (κ2) is 8.77. The molecule has 0 saturated carbocycles. The standard InChI is InChI=1S/C14H26N2O2S2/c1-13(2)15-9-4-5-12-20(17,18)16(3)10-8-14-7-6-11-19-14/h6-7,11,13,15H,4-5,8-10,12H2,1-3H3. The van der Waals surface area contributed by atoms with Crippen molar-refractivity contribution in [1.82, 2.24) is 9.62 Å². The number of rotatable bonds is 10. The molecule has 0 unspecified atom stereocenters. The fraction of sp³-hybridized carbons (Fsp3) is 0.714.